The van der Waals surface area contributed by atoms with Gasteiger partial charge in [-0.1, -0.05) is 4.64 Å². The lowest BCUT2D eigenvalue weighted by Gasteiger charge is -2.03. The van der Waals surface area contributed by atoms with E-state index in [1.807, 2.05) is 0 Å². The molecule has 1 aliphatic heterocycles. The van der Waals surface area contributed by atoms with Gasteiger partial charge in [-0.3, -0.25) is 4.79 Å². The summed E-state index contributed by atoms with van der Waals surface area (Å²) < 4.78 is 0.812. The van der Waals surface area contributed by atoms with Crippen molar-refractivity contribution < 1.29 is 9.90 Å². The standard InChI is InChI=1S/C2H4O2.ClHN6/c1-2(3)4;1-7-5-3-2-4-6-7/h1H3,(H,3,4);(H,2,5,6). The van der Waals surface area contributed by atoms with E-state index in [0.717, 1.165) is 11.6 Å². The molecule has 0 spiro atoms. The Kier molecular flexibility index (Phi) is 4.65. The van der Waals surface area contributed by atoms with Crippen LogP contribution in [-0.4, -0.2) is 15.7 Å². The maximum atomic E-state index is 9.00. The van der Waals surface area contributed by atoms with E-state index in [4.69, 9.17) is 21.7 Å². The second kappa shape index (κ2) is 5.35. The number of carboxylic acids is 1. The molecule has 9 heteroatoms. The highest BCUT2D eigenvalue weighted by Crippen LogP contribution is 1.95. The minimum absolute atomic E-state index is 0.812. The first-order chi connectivity index (χ1) is 5.13. The van der Waals surface area contributed by atoms with E-state index in [9.17, 15) is 0 Å². The van der Waals surface area contributed by atoms with Crippen molar-refractivity contribution in [2.24, 2.45) is 20.9 Å². The summed E-state index contributed by atoms with van der Waals surface area (Å²) in [6, 6.07) is 0. The molecule has 2 N–H and O–H groups in total. The van der Waals surface area contributed by atoms with Gasteiger partial charge in [0.2, 0.25) is 0 Å². The molecule has 0 aliphatic carbocycles. The fourth-order valence-electron chi connectivity index (χ4n) is 0.150. The van der Waals surface area contributed by atoms with Crippen molar-refractivity contribution in [1.29, 1.82) is 0 Å². The van der Waals surface area contributed by atoms with Gasteiger partial charge in [-0.25, -0.2) is 0 Å². The minimum atomic E-state index is -0.833. The van der Waals surface area contributed by atoms with E-state index in [0.29, 0.717) is 0 Å². The summed E-state index contributed by atoms with van der Waals surface area (Å²) in [6.45, 7) is 1.08. The largest absolute Gasteiger partial charge is 0.481 e. The molecule has 8 nitrogen and oxygen atoms in total. The van der Waals surface area contributed by atoms with Gasteiger partial charge in [0.25, 0.3) is 5.97 Å². The molecule has 0 bridgehead atoms. The van der Waals surface area contributed by atoms with Crippen LogP contribution < -0.4 is 5.53 Å². The van der Waals surface area contributed by atoms with E-state index >= 15 is 0 Å². The molecule has 0 aromatic rings. The SMILES string of the molecule is CC(=O)O.ClN1N=NN=NN1. The van der Waals surface area contributed by atoms with Crippen molar-refractivity contribution >= 4 is 17.7 Å². The van der Waals surface area contributed by atoms with E-state index in [1.54, 1.807) is 0 Å². The van der Waals surface area contributed by atoms with Crippen molar-refractivity contribution in [3.8, 4) is 0 Å². The summed E-state index contributed by atoms with van der Waals surface area (Å²) in [5.41, 5.74) is 2.18. The minimum Gasteiger partial charge on any atom is -0.481 e. The zero-order valence-electron chi connectivity index (χ0n) is 5.47. The van der Waals surface area contributed by atoms with Crippen molar-refractivity contribution in [2.45, 2.75) is 6.92 Å². The highest BCUT2D eigenvalue weighted by atomic mass is 35.5. The second-order valence-electron chi connectivity index (χ2n) is 1.25. The lowest BCUT2D eigenvalue weighted by atomic mass is 10.9. The van der Waals surface area contributed by atoms with Crippen LogP contribution >= 0.6 is 11.8 Å². The lowest BCUT2D eigenvalue weighted by molar-refractivity contribution is -0.134. The van der Waals surface area contributed by atoms with Gasteiger partial charge < -0.3 is 5.11 Å². The third kappa shape index (κ3) is 8.56. The van der Waals surface area contributed by atoms with Gasteiger partial charge >= 0.3 is 0 Å². The second-order valence-corrected chi connectivity index (χ2v) is 1.57. The Labute approximate surface area is 66.6 Å². The third-order valence-corrected chi connectivity index (χ3v) is 0.474. The van der Waals surface area contributed by atoms with Gasteiger partial charge in [0, 0.05) is 6.92 Å². The number of carbonyl (C=O) groups is 1. The van der Waals surface area contributed by atoms with Crippen molar-refractivity contribution in [3.05, 3.63) is 0 Å². The number of halogens is 1. The Bertz CT molecular complexity index is 175. The van der Waals surface area contributed by atoms with E-state index in [2.05, 4.69) is 26.4 Å². The summed E-state index contributed by atoms with van der Waals surface area (Å²) in [7, 11) is 0. The van der Waals surface area contributed by atoms with Gasteiger partial charge in [-0.15, -0.1) is 0 Å². The number of carboxylic acid groups (broad SMARTS) is 1. The van der Waals surface area contributed by atoms with E-state index in [1.165, 1.54) is 0 Å². The van der Waals surface area contributed by atoms with Gasteiger partial charge in [0.15, 0.2) is 0 Å². The predicted molar refractivity (Wildman–Crippen MR) is 33.8 cm³/mol. The third-order valence-electron chi connectivity index (χ3n) is 0.330. The van der Waals surface area contributed by atoms with Crippen LogP contribution in [0.15, 0.2) is 20.9 Å². The molecule has 62 valence electrons. The number of nitrogens with zero attached hydrogens (tertiary/aromatic N) is 5. The van der Waals surface area contributed by atoms with Crippen molar-refractivity contribution in [1.82, 2.24) is 10.2 Å². The molecule has 0 saturated heterocycles. The summed E-state index contributed by atoms with van der Waals surface area (Å²) in [5, 5.41) is 19.9. The average Bonchev–Trinajstić information content (AvgIpc) is 1.87. The van der Waals surface area contributed by atoms with Crippen molar-refractivity contribution in [2.75, 3.05) is 0 Å². The molecule has 1 rings (SSSR count). The van der Waals surface area contributed by atoms with Gasteiger partial charge in [0.1, 0.15) is 0 Å². The first kappa shape index (κ1) is 9.56. The Morgan fingerprint density at radius 1 is 1.64 bits per heavy atom. The van der Waals surface area contributed by atoms with Crippen LogP contribution in [0.4, 0.5) is 0 Å². The van der Waals surface area contributed by atoms with Crippen LogP contribution in [0.3, 0.4) is 0 Å². The smallest absolute Gasteiger partial charge is 0.300 e. The highest BCUT2D eigenvalue weighted by Gasteiger charge is 1.92. The molecule has 0 amide bonds. The van der Waals surface area contributed by atoms with Crippen molar-refractivity contribution in [3.63, 3.8) is 0 Å². The number of aliphatic carboxylic acids is 1. The Morgan fingerprint density at radius 2 is 2.18 bits per heavy atom. The summed E-state index contributed by atoms with van der Waals surface area (Å²) in [5.74, 6) is -0.833. The van der Waals surface area contributed by atoms with Crippen LogP contribution in [0.2, 0.25) is 0 Å². The van der Waals surface area contributed by atoms with Gasteiger partial charge in [-0.05, 0) is 20.9 Å². The fourth-order valence-corrected chi connectivity index (χ4v) is 0.214. The number of hydrogen-bond donors (Lipinski definition) is 2. The molecule has 1 heterocycles. The monoisotopic (exact) mass is 180 g/mol. The van der Waals surface area contributed by atoms with Crippen LogP contribution in [0.5, 0.6) is 0 Å². The number of nitrogens with one attached hydrogen (secondary N) is 1. The van der Waals surface area contributed by atoms with Gasteiger partial charge in [-0.2, -0.15) is 5.53 Å². The molecule has 0 aromatic carbocycles. The maximum Gasteiger partial charge on any atom is 0.300 e. The number of hydrogen-bond acceptors (Lipinski definition) is 7. The molecule has 0 saturated carbocycles. The van der Waals surface area contributed by atoms with E-state index < -0.39 is 5.97 Å². The molecule has 0 fully saturated rings. The van der Waals surface area contributed by atoms with Crippen LogP contribution in [0, 0.1) is 0 Å². The quantitative estimate of drug-likeness (QED) is 0.536. The zero-order chi connectivity index (χ0) is 8.69. The molecular weight excluding hydrogens is 176 g/mol. The maximum absolute atomic E-state index is 9.00. The van der Waals surface area contributed by atoms with E-state index in [-0.39, 0.29) is 0 Å². The average molecular weight is 181 g/mol. The topological polar surface area (TPSA) is 102 Å². The Morgan fingerprint density at radius 3 is 2.36 bits per heavy atom. The lowest BCUT2D eigenvalue weighted by Crippen LogP contribution is -2.19. The molecule has 0 aromatic heterocycles. The Hall–Kier alpha value is -1.44. The normalized spacial score (nSPS) is 13.1. The molecule has 11 heavy (non-hydrogen) atoms. The summed E-state index contributed by atoms with van der Waals surface area (Å²) >= 11 is 5.12. The van der Waals surface area contributed by atoms with Crippen LogP contribution in [0.1, 0.15) is 6.92 Å². The number of hydrazine groups is 1. The molecule has 0 unspecified atom stereocenters. The molecule has 0 radical (unpaired) electrons. The van der Waals surface area contributed by atoms with Crippen LogP contribution in [-0.2, 0) is 4.79 Å². The molecule has 0 atom stereocenters. The summed E-state index contributed by atoms with van der Waals surface area (Å²) in [6.07, 6.45) is 0. The Balaban J connectivity index is 0.000000218. The first-order valence-corrected chi connectivity index (χ1v) is 2.68. The highest BCUT2D eigenvalue weighted by molar-refractivity contribution is 6.12. The van der Waals surface area contributed by atoms with Gasteiger partial charge in [0.05, 0.1) is 11.8 Å². The number of rotatable bonds is 0. The summed E-state index contributed by atoms with van der Waals surface area (Å²) in [4.78, 5) is 9.00. The first-order valence-electron chi connectivity index (χ1n) is 2.34. The van der Waals surface area contributed by atoms with Crippen LogP contribution in [0.25, 0.3) is 0 Å². The molecule has 1 aliphatic rings. The fraction of sp³-hybridized carbons (Fsp3) is 0.500. The zero-order valence-corrected chi connectivity index (χ0v) is 6.23. The molecular formula is C2H5ClN6O2. The predicted octanol–water partition coefficient (Wildman–Crippen LogP) is 0.701.